The van der Waals surface area contributed by atoms with E-state index in [0.717, 1.165) is 66.0 Å². The van der Waals surface area contributed by atoms with Crippen molar-refractivity contribution in [2.45, 2.75) is 19.3 Å². The second kappa shape index (κ2) is 11.7. The normalized spacial score (nSPS) is 16.4. The van der Waals surface area contributed by atoms with Gasteiger partial charge < -0.3 is 14.4 Å². The minimum absolute atomic E-state index is 0.147. The number of carbonyl (C=O) groups excluding carboxylic acids is 2. The van der Waals surface area contributed by atoms with E-state index in [2.05, 4.69) is 21.9 Å². The van der Waals surface area contributed by atoms with E-state index in [-0.39, 0.29) is 24.2 Å². The second-order valence-corrected chi connectivity index (χ2v) is 10.4. The average molecular weight is 526 g/mol. The summed E-state index contributed by atoms with van der Waals surface area (Å²) >= 11 is 1.57. The van der Waals surface area contributed by atoms with Crippen LogP contribution in [0.3, 0.4) is 0 Å². The summed E-state index contributed by atoms with van der Waals surface area (Å²) in [6.45, 7) is 4.93. The van der Waals surface area contributed by atoms with Gasteiger partial charge in [-0.05, 0) is 53.6 Å². The van der Waals surface area contributed by atoms with Crippen LogP contribution in [-0.4, -0.2) is 76.4 Å². The van der Waals surface area contributed by atoms with Crippen molar-refractivity contribution in [1.82, 2.24) is 4.90 Å². The molecule has 0 bridgehead atoms. The topological polar surface area (TPSA) is 62.3 Å². The number of ether oxygens (including phenoxy) is 2. The molecule has 0 saturated carbocycles. The number of imide groups is 1. The van der Waals surface area contributed by atoms with Crippen LogP contribution >= 0.6 is 11.3 Å². The monoisotopic (exact) mass is 525 g/mol. The standard InChI is InChI=1S/C28H32FN3O4S/c1-35-13-14-36-19-28(34)32-24-16-20(2-3-21(24)4-5-27(32)33)6-8-30-9-11-31(12-10-30)25-17-22(29)18-26-23(25)7-15-37-26/h2-3,7,15-18H,4-6,8-14,19H2,1H3. The highest BCUT2D eigenvalue weighted by Crippen LogP contribution is 2.33. The van der Waals surface area contributed by atoms with Crippen molar-refractivity contribution in [1.29, 1.82) is 0 Å². The Labute approximate surface area is 220 Å². The lowest BCUT2D eigenvalue weighted by molar-refractivity contribution is -0.129. The predicted octanol–water partition coefficient (Wildman–Crippen LogP) is 3.87. The number of piperazine rings is 1. The Bertz CT molecular complexity index is 1270. The lowest BCUT2D eigenvalue weighted by atomic mass is 9.98. The Morgan fingerprint density at radius 3 is 2.68 bits per heavy atom. The molecule has 5 rings (SSSR count). The maximum Gasteiger partial charge on any atom is 0.259 e. The van der Waals surface area contributed by atoms with E-state index in [1.165, 1.54) is 4.90 Å². The molecule has 0 radical (unpaired) electrons. The van der Waals surface area contributed by atoms with Crippen LogP contribution in [0.4, 0.5) is 15.8 Å². The minimum atomic E-state index is -0.340. The van der Waals surface area contributed by atoms with Crippen molar-refractivity contribution < 1.29 is 23.5 Å². The predicted molar refractivity (Wildman–Crippen MR) is 144 cm³/mol. The fraction of sp³-hybridized carbons (Fsp3) is 0.429. The lowest BCUT2D eigenvalue weighted by Crippen LogP contribution is -2.47. The summed E-state index contributed by atoms with van der Waals surface area (Å²) in [5.41, 5.74) is 3.77. The first-order valence-corrected chi connectivity index (χ1v) is 13.6. The Hall–Kier alpha value is -2.85. The van der Waals surface area contributed by atoms with Gasteiger partial charge in [-0.15, -0.1) is 11.3 Å². The first kappa shape index (κ1) is 25.8. The van der Waals surface area contributed by atoms with Gasteiger partial charge in [0.25, 0.3) is 5.91 Å². The van der Waals surface area contributed by atoms with Gasteiger partial charge in [0.15, 0.2) is 0 Å². The second-order valence-electron chi connectivity index (χ2n) is 9.47. The van der Waals surface area contributed by atoms with Gasteiger partial charge in [0.05, 0.1) is 18.9 Å². The van der Waals surface area contributed by atoms with Crippen molar-refractivity contribution in [3.63, 3.8) is 0 Å². The molecular formula is C28H32FN3O4S. The minimum Gasteiger partial charge on any atom is -0.382 e. The number of fused-ring (bicyclic) bond motifs is 2. The van der Waals surface area contributed by atoms with Gasteiger partial charge in [0, 0.05) is 62.0 Å². The molecular weight excluding hydrogens is 493 g/mol. The van der Waals surface area contributed by atoms with E-state index < -0.39 is 0 Å². The summed E-state index contributed by atoms with van der Waals surface area (Å²) in [6, 6.07) is 11.4. The average Bonchev–Trinajstić information content (AvgIpc) is 3.38. The highest BCUT2D eigenvalue weighted by Gasteiger charge is 2.30. The molecule has 196 valence electrons. The number of hydrogen-bond acceptors (Lipinski definition) is 7. The molecule has 3 heterocycles. The number of thiophene rings is 1. The van der Waals surface area contributed by atoms with Crippen LogP contribution in [0.25, 0.3) is 10.1 Å². The van der Waals surface area contributed by atoms with Crippen molar-refractivity contribution in [3.8, 4) is 0 Å². The summed E-state index contributed by atoms with van der Waals surface area (Å²) in [5.74, 6) is -0.710. The molecule has 0 spiro atoms. The largest absolute Gasteiger partial charge is 0.382 e. The van der Waals surface area contributed by atoms with Crippen LogP contribution in [0.1, 0.15) is 17.5 Å². The maximum absolute atomic E-state index is 14.1. The molecule has 0 N–H and O–H groups in total. The van der Waals surface area contributed by atoms with E-state index in [4.69, 9.17) is 9.47 Å². The Morgan fingerprint density at radius 2 is 1.86 bits per heavy atom. The van der Waals surface area contributed by atoms with Crippen molar-refractivity contribution >= 4 is 44.6 Å². The zero-order valence-electron chi connectivity index (χ0n) is 21.1. The Balaban J connectivity index is 1.19. The number of amides is 2. The van der Waals surface area contributed by atoms with E-state index in [0.29, 0.717) is 31.7 Å². The first-order valence-electron chi connectivity index (χ1n) is 12.7. The molecule has 0 atom stereocenters. The first-order chi connectivity index (χ1) is 18.0. The van der Waals surface area contributed by atoms with Gasteiger partial charge >= 0.3 is 0 Å². The summed E-state index contributed by atoms with van der Waals surface area (Å²) < 4.78 is 25.4. The fourth-order valence-electron chi connectivity index (χ4n) is 5.09. The third kappa shape index (κ3) is 5.85. The van der Waals surface area contributed by atoms with E-state index in [1.807, 2.05) is 17.5 Å². The zero-order chi connectivity index (χ0) is 25.8. The molecule has 2 amide bonds. The Kier molecular flexibility index (Phi) is 8.14. The van der Waals surface area contributed by atoms with Crippen molar-refractivity contribution in [3.05, 3.63) is 58.7 Å². The third-order valence-corrected chi connectivity index (χ3v) is 7.96. The third-order valence-electron chi connectivity index (χ3n) is 7.10. The van der Waals surface area contributed by atoms with Gasteiger partial charge in [-0.2, -0.15) is 0 Å². The highest BCUT2D eigenvalue weighted by molar-refractivity contribution is 7.17. The lowest BCUT2D eigenvalue weighted by Gasteiger charge is -2.36. The summed E-state index contributed by atoms with van der Waals surface area (Å²) in [7, 11) is 1.57. The molecule has 2 aliphatic rings. The molecule has 3 aromatic rings. The van der Waals surface area contributed by atoms with Crippen LogP contribution in [0.15, 0.2) is 41.8 Å². The number of aryl methyl sites for hydroxylation is 1. The number of halogens is 1. The number of anilines is 2. The van der Waals surface area contributed by atoms with E-state index >= 15 is 0 Å². The molecule has 0 unspecified atom stereocenters. The quantitative estimate of drug-likeness (QED) is 0.396. The molecule has 7 nitrogen and oxygen atoms in total. The van der Waals surface area contributed by atoms with E-state index in [1.54, 1.807) is 30.6 Å². The number of methoxy groups -OCH3 is 1. The number of benzene rings is 2. The molecule has 1 aromatic heterocycles. The van der Waals surface area contributed by atoms with Crippen LogP contribution < -0.4 is 9.80 Å². The number of rotatable bonds is 9. The Morgan fingerprint density at radius 1 is 1.03 bits per heavy atom. The summed E-state index contributed by atoms with van der Waals surface area (Å²) in [4.78, 5) is 31.4. The zero-order valence-corrected chi connectivity index (χ0v) is 21.9. The molecule has 1 fully saturated rings. The highest BCUT2D eigenvalue weighted by atomic mass is 32.1. The number of hydrogen-bond donors (Lipinski definition) is 0. The van der Waals surface area contributed by atoms with Crippen LogP contribution in [0.5, 0.6) is 0 Å². The smallest absolute Gasteiger partial charge is 0.259 e. The van der Waals surface area contributed by atoms with Crippen molar-refractivity contribution in [2.75, 3.05) is 69.5 Å². The molecule has 0 aliphatic carbocycles. The molecule has 9 heteroatoms. The van der Waals surface area contributed by atoms with Crippen molar-refractivity contribution in [2.24, 2.45) is 0 Å². The van der Waals surface area contributed by atoms with E-state index in [9.17, 15) is 14.0 Å². The summed E-state index contributed by atoms with van der Waals surface area (Å²) in [5, 5.41) is 3.13. The molecule has 2 aliphatic heterocycles. The SMILES string of the molecule is COCCOCC(=O)N1C(=O)CCc2ccc(CCN3CCN(c4cc(F)cc5sccc45)CC3)cc21. The van der Waals surface area contributed by atoms with Gasteiger partial charge in [-0.25, -0.2) is 9.29 Å². The number of carbonyl (C=O) groups is 2. The van der Waals surface area contributed by atoms with Gasteiger partial charge in [-0.1, -0.05) is 12.1 Å². The maximum atomic E-state index is 14.1. The number of nitrogens with zero attached hydrogens (tertiary/aromatic N) is 3. The summed E-state index contributed by atoms with van der Waals surface area (Å²) in [6.07, 6.45) is 1.79. The van der Waals surface area contributed by atoms with Crippen LogP contribution in [-0.2, 0) is 31.9 Å². The van der Waals surface area contributed by atoms with Crippen LogP contribution in [0.2, 0.25) is 0 Å². The van der Waals surface area contributed by atoms with Crippen LogP contribution in [0, 0.1) is 5.82 Å². The van der Waals surface area contributed by atoms with Gasteiger partial charge in [-0.3, -0.25) is 14.5 Å². The molecule has 1 saturated heterocycles. The van der Waals surface area contributed by atoms with Gasteiger partial charge in [0.1, 0.15) is 12.4 Å². The molecule has 2 aromatic carbocycles. The van der Waals surface area contributed by atoms with Gasteiger partial charge in [0.2, 0.25) is 5.91 Å². The fourth-order valence-corrected chi connectivity index (χ4v) is 5.92. The molecule has 37 heavy (non-hydrogen) atoms.